The minimum absolute atomic E-state index is 0.0679. The highest BCUT2D eigenvalue weighted by Gasteiger charge is 2.34. The molecule has 0 spiro atoms. The Hall–Kier alpha value is 0.0969. The minimum atomic E-state index is -3.39. The van der Waals surface area contributed by atoms with E-state index >= 15 is 0 Å². The Kier molecular flexibility index (Phi) is 5.29. The molecule has 0 fully saturated rings. The zero-order valence-corrected chi connectivity index (χ0v) is 11.1. The Labute approximate surface area is 88.5 Å². The maximum absolute atomic E-state index is 9.34. The monoisotopic (exact) mass is 220 g/mol. The fourth-order valence-electron chi connectivity index (χ4n) is 1.49. The van der Waals surface area contributed by atoms with Crippen LogP contribution in [-0.4, -0.2) is 24.5 Å². The van der Waals surface area contributed by atoms with Gasteiger partial charge in [-0.05, 0) is 17.8 Å². The van der Waals surface area contributed by atoms with Crippen molar-refractivity contribution in [1.29, 1.82) is 0 Å². The van der Waals surface area contributed by atoms with Gasteiger partial charge >= 0.3 is 8.80 Å². The Bertz CT molecular complexity index is 163. The van der Waals surface area contributed by atoms with Crippen LogP contribution in [0.5, 0.6) is 0 Å². The average molecular weight is 220 g/mol. The van der Waals surface area contributed by atoms with Gasteiger partial charge in [0.15, 0.2) is 0 Å². The fraction of sp³-hybridized carbons (Fsp3) is 1.00. The molecule has 3 nitrogen and oxygen atoms in total. The summed E-state index contributed by atoms with van der Waals surface area (Å²) in [7, 11) is -3.39. The molecule has 2 N–H and O–H groups in total. The standard InChI is InChI=1S/C10H24O3Si/c1-7(2)9(5)10(8(3)4)13-14(6,11)12/h7-12H,1-6H3. The van der Waals surface area contributed by atoms with E-state index in [0.717, 1.165) is 0 Å². The van der Waals surface area contributed by atoms with Crippen LogP contribution in [0.3, 0.4) is 0 Å². The summed E-state index contributed by atoms with van der Waals surface area (Å²) in [6, 6.07) is 0. The largest absolute Gasteiger partial charge is 0.492 e. The van der Waals surface area contributed by atoms with Gasteiger partial charge < -0.3 is 14.0 Å². The first kappa shape index (κ1) is 14.1. The summed E-state index contributed by atoms with van der Waals surface area (Å²) in [5.41, 5.74) is 0. The zero-order chi connectivity index (χ0) is 11.5. The Morgan fingerprint density at radius 1 is 0.929 bits per heavy atom. The first-order valence-corrected chi connectivity index (χ1v) is 7.58. The second kappa shape index (κ2) is 5.26. The van der Waals surface area contributed by atoms with Gasteiger partial charge in [-0.15, -0.1) is 0 Å². The maximum Gasteiger partial charge on any atom is 0.492 e. The van der Waals surface area contributed by atoms with E-state index in [0.29, 0.717) is 17.8 Å². The van der Waals surface area contributed by atoms with Crippen molar-refractivity contribution in [3.05, 3.63) is 0 Å². The van der Waals surface area contributed by atoms with Crippen LogP contribution in [0.4, 0.5) is 0 Å². The second-order valence-electron chi connectivity index (χ2n) is 4.86. The molecule has 0 aliphatic heterocycles. The lowest BCUT2D eigenvalue weighted by Crippen LogP contribution is -2.44. The van der Waals surface area contributed by atoms with Crippen LogP contribution in [-0.2, 0) is 4.43 Å². The lowest BCUT2D eigenvalue weighted by molar-refractivity contribution is 0.0164. The topological polar surface area (TPSA) is 49.7 Å². The SMILES string of the molecule is CC(C)C(C)C(O[Si](C)(O)O)C(C)C. The molecule has 0 aromatic heterocycles. The lowest BCUT2D eigenvalue weighted by atomic mass is 9.86. The highest BCUT2D eigenvalue weighted by Crippen LogP contribution is 2.25. The molecule has 0 aliphatic carbocycles. The summed E-state index contributed by atoms with van der Waals surface area (Å²) >= 11 is 0. The molecule has 2 atom stereocenters. The highest BCUT2D eigenvalue weighted by molar-refractivity contribution is 6.56. The predicted octanol–water partition coefficient (Wildman–Crippen LogP) is 1.87. The summed E-state index contributed by atoms with van der Waals surface area (Å²) < 4.78 is 5.37. The predicted molar refractivity (Wildman–Crippen MR) is 59.8 cm³/mol. The molecule has 14 heavy (non-hydrogen) atoms. The summed E-state index contributed by atoms with van der Waals surface area (Å²) in [5, 5.41) is 0. The van der Waals surface area contributed by atoms with Gasteiger partial charge in [-0.1, -0.05) is 34.6 Å². The molecule has 86 valence electrons. The molecule has 0 aromatic rings. The second-order valence-corrected chi connectivity index (χ2v) is 6.97. The molecule has 0 saturated heterocycles. The van der Waals surface area contributed by atoms with Crippen molar-refractivity contribution in [3.63, 3.8) is 0 Å². The fourth-order valence-corrected chi connectivity index (χ4v) is 2.49. The molecule has 0 aliphatic rings. The van der Waals surface area contributed by atoms with Gasteiger partial charge in [-0.3, -0.25) is 0 Å². The molecule has 0 rings (SSSR count). The van der Waals surface area contributed by atoms with Crippen LogP contribution in [0.1, 0.15) is 34.6 Å². The zero-order valence-electron chi connectivity index (χ0n) is 10.1. The van der Waals surface area contributed by atoms with Gasteiger partial charge in [0.05, 0.1) is 6.10 Å². The van der Waals surface area contributed by atoms with E-state index < -0.39 is 8.80 Å². The normalized spacial score (nSPS) is 17.6. The van der Waals surface area contributed by atoms with Crippen molar-refractivity contribution in [2.45, 2.75) is 47.3 Å². The van der Waals surface area contributed by atoms with Crippen LogP contribution < -0.4 is 0 Å². The third-order valence-corrected chi connectivity index (χ3v) is 3.30. The van der Waals surface area contributed by atoms with Crippen LogP contribution in [0, 0.1) is 17.8 Å². The van der Waals surface area contributed by atoms with Crippen molar-refractivity contribution in [2.24, 2.45) is 17.8 Å². The van der Waals surface area contributed by atoms with Gasteiger partial charge in [-0.2, -0.15) is 0 Å². The number of hydrogen-bond donors (Lipinski definition) is 2. The first-order valence-electron chi connectivity index (χ1n) is 5.27. The van der Waals surface area contributed by atoms with Crippen molar-refractivity contribution in [2.75, 3.05) is 0 Å². The molecule has 0 saturated carbocycles. The van der Waals surface area contributed by atoms with E-state index in [2.05, 4.69) is 20.8 Å². The van der Waals surface area contributed by atoms with Crippen LogP contribution in [0.25, 0.3) is 0 Å². The molecule has 0 heterocycles. The van der Waals surface area contributed by atoms with E-state index in [4.69, 9.17) is 4.43 Å². The Balaban J connectivity index is 4.45. The molecule has 4 heteroatoms. The van der Waals surface area contributed by atoms with Crippen molar-refractivity contribution < 1.29 is 14.0 Å². The molecule has 0 amide bonds. The number of rotatable bonds is 5. The molecular formula is C10H24O3Si. The van der Waals surface area contributed by atoms with E-state index in [9.17, 15) is 9.59 Å². The van der Waals surface area contributed by atoms with Gasteiger partial charge in [0.2, 0.25) is 0 Å². The van der Waals surface area contributed by atoms with Gasteiger partial charge in [0.25, 0.3) is 0 Å². The Morgan fingerprint density at radius 2 is 1.36 bits per heavy atom. The smallest absolute Gasteiger partial charge is 0.390 e. The van der Waals surface area contributed by atoms with E-state index in [-0.39, 0.29) is 6.10 Å². The van der Waals surface area contributed by atoms with Crippen molar-refractivity contribution in [3.8, 4) is 0 Å². The van der Waals surface area contributed by atoms with Gasteiger partial charge in [0.1, 0.15) is 0 Å². The molecule has 0 aromatic carbocycles. The van der Waals surface area contributed by atoms with Crippen LogP contribution in [0.2, 0.25) is 6.55 Å². The minimum Gasteiger partial charge on any atom is -0.390 e. The summed E-state index contributed by atoms with van der Waals surface area (Å²) in [6.07, 6.45) is -0.0679. The summed E-state index contributed by atoms with van der Waals surface area (Å²) in [6.45, 7) is 11.8. The Morgan fingerprint density at radius 3 is 1.57 bits per heavy atom. The van der Waals surface area contributed by atoms with Gasteiger partial charge in [-0.25, -0.2) is 0 Å². The van der Waals surface area contributed by atoms with Crippen molar-refractivity contribution >= 4 is 8.80 Å². The van der Waals surface area contributed by atoms with Gasteiger partial charge in [0, 0.05) is 6.55 Å². The summed E-state index contributed by atoms with van der Waals surface area (Å²) in [4.78, 5) is 18.7. The van der Waals surface area contributed by atoms with E-state index in [1.165, 1.54) is 6.55 Å². The van der Waals surface area contributed by atoms with E-state index in [1.54, 1.807) is 0 Å². The molecule has 0 bridgehead atoms. The molecule has 0 radical (unpaired) electrons. The third-order valence-electron chi connectivity index (χ3n) is 2.59. The summed E-state index contributed by atoms with van der Waals surface area (Å²) in [5.74, 6) is 1.12. The molecular weight excluding hydrogens is 196 g/mol. The highest BCUT2D eigenvalue weighted by atomic mass is 28.4. The first-order chi connectivity index (χ1) is 6.15. The lowest BCUT2D eigenvalue weighted by Gasteiger charge is -2.33. The van der Waals surface area contributed by atoms with Crippen LogP contribution in [0.15, 0.2) is 0 Å². The average Bonchev–Trinajstić information content (AvgIpc) is 1.96. The quantitative estimate of drug-likeness (QED) is 0.696. The molecule has 2 unspecified atom stereocenters. The maximum atomic E-state index is 9.34. The third kappa shape index (κ3) is 5.10. The van der Waals surface area contributed by atoms with Crippen LogP contribution >= 0.6 is 0 Å². The number of hydrogen-bond acceptors (Lipinski definition) is 3. The van der Waals surface area contributed by atoms with Crippen molar-refractivity contribution in [1.82, 2.24) is 0 Å². The van der Waals surface area contributed by atoms with E-state index in [1.807, 2.05) is 13.8 Å².